The Morgan fingerprint density at radius 1 is 1.12 bits per heavy atom. The van der Waals surface area contributed by atoms with Crippen molar-refractivity contribution in [3.8, 4) is 17.1 Å². The average molecular weight is 357 g/mol. The van der Waals surface area contributed by atoms with E-state index >= 15 is 0 Å². The molecule has 0 radical (unpaired) electrons. The average Bonchev–Trinajstić information content (AvgIpc) is 2.97. The van der Waals surface area contributed by atoms with E-state index in [1.807, 2.05) is 12.1 Å². The van der Waals surface area contributed by atoms with E-state index in [0.29, 0.717) is 18.3 Å². The Kier molecular flexibility index (Phi) is 5.10. The van der Waals surface area contributed by atoms with Crippen molar-refractivity contribution >= 4 is 19.1 Å². The van der Waals surface area contributed by atoms with Crippen molar-refractivity contribution in [3.63, 3.8) is 0 Å². The second-order valence-corrected chi connectivity index (χ2v) is 12.6. The van der Waals surface area contributed by atoms with Crippen LogP contribution < -0.4 is 4.74 Å². The lowest BCUT2D eigenvalue weighted by atomic mass is 10.1. The maximum Gasteiger partial charge on any atom is 0.228 e. The predicted molar refractivity (Wildman–Crippen MR) is 99.2 cm³/mol. The molecular weight excluding hydrogens is 334 g/mol. The summed E-state index contributed by atoms with van der Waals surface area (Å²) in [4.78, 5) is 12.7. The first kappa shape index (κ1) is 17.5. The fourth-order valence-electron chi connectivity index (χ4n) is 2.47. The first-order chi connectivity index (χ1) is 12.0. The van der Waals surface area contributed by atoms with Crippen molar-refractivity contribution < 1.29 is 9.47 Å². The summed E-state index contributed by atoms with van der Waals surface area (Å²) in [6.45, 7) is 8.08. The largest absolute Gasteiger partial charge is 0.480 e. The molecule has 0 unspecified atom stereocenters. The van der Waals surface area contributed by atoms with E-state index in [-0.39, 0.29) is 0 Å². The van der Waals surface area contributed by atoms with Gasteiger partial charge in [0.2, 0.25) is 5.88 Å². The molecule has 3 rings (SSSR count). The van der Waals surface area contributed by atoms with Gasteiger partial charge in [-0.3, -0.25) is 4.98 Å². The molecule has 0 amide bonds. The first-order valence-electron chi connectivity index (χ1n) is 8.23. The minimum absolute atomic E-state index is 0.353. The summed E-state index contributed by atoms with van der Waals surface area (Å²) in [5, 5.41) is 5.48. The summed E-state index contributed by atoms with van der Waals surface area (Å²) in [6, 6.07) is 4.93. The van der Waals surface area contributed by atoms with Crippen LogP contribution in [0.15, 0.2) is 30.9 Å². The molecule has 0 spiro atoms. The smallest absolute Gasteiger partial charge is 0.228 e. The quantitative estimate of drug-likeness (QED) is 0.477. The Bertz CT molecular complexity index is 845. The molecule has 0 N–H and O–H groups in total. The van der Waals surface area contributed by atoms with Gasteiger partial charge in [0, 0.05) is 32.6 Å². The third-order valence-electron chi connectivity index (χ3n) is 3.85. The highest BCUT2D eigenvalue weighted by Crippen LogP contribution is 2.32. The summed E-state index contributed by atoms with van der Waals surface area (Å²) in [5.41, 5.74) is 2.41. The summed E-state index contributed by atoms with van der Waals surface area (Å²) in [7, 11) is 0.479. The SMILES string of the molecule is COc1ncnc2c1c(-c1ccncc1)nn2COCC[Si](C)(C)C. The van der Waals surface area contributed by atoms with E-state index in [2.05, 4.69) is 34.6 Å². The summed E-state index contributed by atoms with van der Waals surface area (Å²) in [5.74, 6) is 0.505. The van der Waals surface area contributed by atoms with Gasteiger partial charge in [0.15, 0.2) is 5.65 Å². The van der Waals surface area contributed by atoms with Gasteiger partial charge in [0.1, 0.15) is 24.1 Å². The van der Waals surface area contributed by atoms with Crippen molar-refractivity contribution in [2.75, 3.05) is 13.7 Å². The zero-order valence-electron chi connectivity index (χ0n) is 15.1. The van der Waals surface area contributed by atoms with Gasteiger partial charge in [-0.25, -0.2) is 14.6 Å². The van der Waals surface area contributed by atoms with Crippen LogP contribution in [0.25, 0.3) is 22.3 Å². The molecule has 25 heavy (non-hydrogen) atoms. The molecule has 3 aromatic rings. The van der Waals surface area contributed by atoms with Crippen LogP contribution in [0.2, 0.25) is 25.7 Å². The number of rotatable bonds is 7. The molecule has 0 aliphatic heterocycles. The molecule has 3 heterocycles. The van der Waals surface area contributed by atoms with Crippen LogP contribution in [0.1, 0.15) is 0 Å². The number of pyridine rings is 1. The van der Waals surface area contributed by atoms with Crippen molar-refractivity contribution in [3.05, 3.63) is 30.9 Å². The number of ether oxygens (including phenoxy) is 2. The topological polar surface area (TPSA) is 75.0 Å². The maximum absolute atomic E-state index is 5.85. The fourth-order valence-corrected chi connectivity index (χ4v) is 3.22. The summed E-state index contributed by atoms with van der Waals surface area (Å²) < 4.78 is 13.0. The molecule has 0 aliphatic rings. The van der Waals surface area contributed by atoms with Crippen LogP contribution in [0, 0.1) is 0 Å². The lowest BCUT2D eigenvalue weighted by Gasteiger charge is -2.15. The van der Waals surface area contributed by atoms with E-state index in [0.717, 1.165) is 29.3 Å². The third kappa shape index (κ3) is 4.02. The number of fused-ring (bicyclic) bond motifs is 1. The third-order valence-corrected chi connectivity index (χ3v) is 5.56. The normalized spacial score (nSPS) is 11.8. The lowest BCUT2D eigenvalue weighted by molar-refractivity contribution is 0.0814. The van der Waals surface area contributed by atoms with Crippen LogP contribution >= 0.6 is 0 Å². The maximum atomic E-state index is 5.85. The number of hydrogen-bond acceptors (Lipinski definition) is 6. The number of methoxy groups -OCH3 is 1. The monoisotopic (exact) mass is 357 g/mol. The van der Waals surface area contributed by atoms with Crippen LogP contribution in [0.5, 0.6) is 5.88 Å². The molecule has 0 bridgehead atoms. The number of nitrogens with zero attached hydrogens (tertiary/aromatic N) is 5. The molecule has 0 saturated heterocycles. The molecular formula is C17H23N5O2Si. The van der Waals surface area contributed by atoms with Gasteiger partial charge in [-0.05, 0) is 18.2 Å². The molecule has 0 aliphatic carbocycles. The number of aromatic nitrogens is 5. The Balaban J connectivity index is 1.94. The van der Waals surface area contributed by atoms with Gasteiger partial charge < -0.3 is 9.47 Å². The molecule has 0 saturated carbocycles. The van der Waals surface area contributed by atoms with E-state index < -0.39 is 8.07 Å². The predicted octanol–water partition coefficient (Wildman–Crippen LogP) is 3.21. The Hall–Kier alpha value is -2.32. The zero-order chi connectivity index (χ0) is 17.9. The highest BCUT2D eigenvalue weighted by molar-refractivity contribution is 6.76. The highest BCUT2D eigenvalue weighted by atomic mass is 28.3. The van der Waals surface area contributed by atoms with Crippen LogP contribution in [0.3, 0.4) is 0 Å². The highest BCUT2D eigenvalue weighted by Gasteiger charge is 2.19. The van der Waals surface area contributed by atoms with E-state index in [4.69, 9.17) is 14.6 Å². The van der Waals surface area contributed by atoms with Crippen molar-refractivity contribution in [2.24, 2.45) is 0 Å². The fraction of sp³-hybridized carbons (Fsp3) is 0.412. The lowest BCUT2D eigenvalue weighted by Crippen LogP contribution is -2.22. The van der Waals surface area contributed by atoms with Gasteiger partial charge in [-0.2, -0.15) is 5.10 Å². The van der Waals surface area contributed by atoms with Gasteiger partial charge in [0.25, 0.3) is 0 Å². The van der Waals surface area contributed by atoms with Gasteiger partial charge in [-0.15, -0.1) is 0 Å². The van der Waals surface area contributed by atoms with Crippen LogP contribution in [-0.4, -0.2) is 46.5 Å². The second-order valence-electron chi connectivity index (χ2n) is 7.01. The minimum atomic E-state index is -1.12. The first-order valence-corrected chi connectivity index (χ1v) is 11.9. The van der Waals surface area contributed by atoms with Crippen molar-refractivity contribution in [1.82, 2.24) is 24.7 Å². The Morgan fingerprint density at radius 2 is 1.88 bits per heavy atom. The van der Waals surface area contributed by atoms with E-state index in [1.165, 1.54) is 6.33 Å². The molecule has 7 nitrogen and oxygen atoms in total. The summed E-state index contributed by atoms with van der Waals surface area (Å²) >= 11 is 0. The van der Waals surface area contributed by atoms with E-state index in [9.17, 15) is 0 Å². The standard InChI is InChI=1S/C17H23N5O2Si/c1-23-17-14-15(13-5-7-18-8-6-13)21-22(16(14)19-11-20-17)12-24-9-10-25(2,3)4/h5-8,11H,9-10,12H2,1-4H3. The Morgan fingerprint density at radius 3 is 2.56 bits per heavy atom. The molecule has 0 aromatic carbocycles. The molecule has 0 atom stereocenters. The second kappa shape index (κ2) is 7.28. The van der Waals surface area contributed by atoms with Crippen LogP contribution in [-0.2, 0) is 11.5 Å². The van der Waals surface area contributed by atoms with Gasteiger partial charge >= 0.3 is 0 Å². The van der Waals surface area contributed by atoms with Gasteiger partial charge in [-0.1, -0.05) is 19.6 Å². The zero-order valence-corrected chi connectivity index (χ0v) is 16.1. The van der Waals surface area contributed by atoms with E-state index in [1.54, 1.807) is 24.2 Å². The molecule has 132 valence electrons. The van der Waals surface area contributed by atoms with Crippen molar-refractivity contribution in [2.45, 2.75) is 32.4 Å². The van der Waals surface area contributed by atoms with Gasteiger partial charge in [0.05, 0.1) is 7.11 Å². The minimum Gasteiger partial charge on any atom is -0.480 e. The molecule has 0 fully saturated rings. The number of hydrogen-bond donors (Lipinski definition) is 0. The van der Waals surface area contributed by atoms with Crippen molar-refractivity contribution in [1.29, 1.82) is 0 Å². The van der Waals surface area contributed by atoms with Crippen LogP contribution in [0.4, 0.5) is 0 Å². The molecule has 3 aromatic heterocycles. The summed E-state index contributed by atoms with van der Waals surface area (Å²) in [6.07, 6.45) is 4.96. The molecule has 8 heteroatoms. The Labute approximate surface area is 148 Å².